The number of aromatic nitrogens is 1. The van der Waals surface area contributed by atoms with Crippen molar-refractivity contribution in [2.24, 2.45) is 0 Å². The topological polar surface area (TPSA) is 62.2 Å². The van der Waals surface area contributed by atoms with Crippen LogP contribution >= 0.6 is 15.9 Å². The molecule has 0 spiro atoms. The van der Waals surface area contributed by atoms with Gasteiger partial charge in [-0.15, -0.1) is 0 Å². The molecule has 0 aliphatic rings. The van der Waals surface area contributed by atoms with Crippen LogP contribution in [0.25, 0.3) is 0 Å². The zero-order valence-corrected chi connectivity index (χ0v) is 11.3. The lowest BCUT2D eigenvalue weighted by Crippen LogP contribution is -2.05. The number of pyridine rings is 1. The number of hydrogen-bond acceptors (Lipinski definition) is 3. The first-order valence-corrected chi connectivity index (χ1v) is 6.22. The standard InChI is InChI=1S/C13H10BrFN2O2/c14-9-2-4-11(15)12(5-9)17-7-10-3-1-8(6-16-10)13(18)19/h1-6,17H,7H2,(H,18,19). The summed E-state index contributed by atoms with van der Waals surface area (Å²) in [6.07, 6.45) is 1.27. The predicted molar refractivity (Wildman–Crippen MR) is 72.6 cm³/mol. The minimum atomic E-state index is -1.02. The Labute approximate surface area is 117 Å². The summed E-state index contributed by atoms with van der Waals surface area (Å²) in [5.41, 5.74) is 1.11. The number of carboxylic acid groups (broad SMARTS) is 1. The molecule has 0 aliphatic heterocycles. The van der Waals surface area contributed by atoms with Gasteiger partial charge < -0.3 is 10.4 Å². The van der Waals surface area contributed by atoms with Crippen LogP contribution in [0, 0.1) is 5.82 Å². The number of nitrogens with zero attached hydrogens (tertiary/aromatic N) is 1. The Bertz CT molecular complexity index is 602. The number of halogens is 2. The molecule has 19 heavy (non-hydrogen) atoms. The molecule has 2 rings (SSSR count). The summed E-state index contributed by atoms with van der Waals surface area (Å²) >= 11 is 3.26. The Morgan fingerprint density at radius 1 is 1.37 bits per heavy atom. The van der Waals surface area contributed by atoms with Gasteiger partial charge in [0.1, 0.15) is 5.82 Å². The lowest BCUT2D eigenvalue weighted by molar-refractivity contribution is 0.0696. The molecule has 6 heteroatoms. The highest BCUT2D eigenvalue weighted by Gasteiger charge is 2.05. The van der Waals surface area contributed by atoms with Gasteiger partial charge in [0.05, 0.1) is 23.5 Å². The van der Waals surface area contributed by atoms with Crippen molar-refractivity contribution in [1.29, 1.82) is 0 Å². The van der Waals surface area contributed by atoms with Crippen LogP contribution in [0.3, 0.4) is 0 Å². The van der Waals surface area contributed by atoms with Gasteiger partial charge in [-0.2, -0.15) is 0 Å². The first-order chi connectivity index (χ1) is 9.06. The van der Waals surface area contributed by atoms with Crippen LogP contribution in [0.2, 0.25) is 0 Å². The third-order valence-corrected chi connectivity index (χ3v) is 2.95. The van der Waals surface area contributed by atoms with Gasteiger partial charge in [-0.05, 0) is 30.3 Å². The quantitative estimate of drug-likeness (QED) is 0.905. The Morgan fingerprint density at radius 3 is 2.79 bits per heavy atom. The molecule has 0 saturated carbocycles. The molecule has 0 atom stereocenters. The van der Waals surface area contributed by atoms with Gasteiger partial charge in [0.2, 0.25) is 0 Å². The molecule has 1 heterocycles. The Balaban J connectivity index is 2.06. The third kappa shape index (κ3) is 3.51. The number of carboxylic acids is 1. The van der Waals surface area contributed by atoms with Gasteiger partial charge in [0.15, 0.2) is 0 Å². The number of aromatic carboxylic acids is 1. The molecular weight excluding hydrogens is 315 g/mol. The summed E-state index contributed by atoms with van der Waals surface area (Å²) in [7, 11) is 0. The fraction of sp³-hybridized carbons (Fsp3) is 0.0769. The van der Waals surface area contributed by atoms with Crippen molar-refractivity contribution >= 4 is 27.6 Å². The van der Waals surface area contributed by atoms with Crippen LogP contribution in [0.1, 0.15) is 16.1 Å². The first kappa shape index (κ1) is 13.5. The van der Waals surface area contributed by atoms with Gasteiger partial charge in [-0.3, -0.25) is 4.98 Å². The molecule has 2 N–H and O–H groups in total. The number of anilines is 1. The second-order valence-electron chi connectivity index (χ2n) is 3.82. The molecule has 0 fully saturated rings. The normalized spacial score (nSPS) is 10.2. The Hall–Kier alpha value is -1.95. The van der Waals surface area contributed by atoms with Gasteiger partial charge in [-0.25, -0.2) is 9.18 Å². The van der Waals surface area contributed by atoms with Gasteiger partial charge in [0, 0.05) is 10.7 Å². The van der Waals surface area contributed by atoms with E-state index in [4.69, 9.17) is 5.11 Å². The van der Waals surface area contributed by atoms with Gasteiger partial charge >= 0.3 is 5.97 Å². The maximum Gasteiger partial charge on any atom is 0.337 e. The molecule has 1 aromatic carbocycles. The zero-order chi connectivity index (χ0) is 13.8. The van der Waals surface area contributed by atoms with E-state index in [9.17, 15) is 9.18 Å². The van der Waals surface area contributed by atoms with E-state index in [0.717, 1.165) is 4.47 Å². The van der Waals surface area contributed by atoms with Gasteiger partial charge in [-0.1, -0.05) is 15.9 Å². The third-order valence-electron chi connectivity index (χ3n) is 2.46. The summed E-state index contributed by atoms with van der Waals surface area (Å²) in [6.45, 7) is 0.313. The molecule has 0 saturated heterocycles. The van der Waals surface area contributed by atoms with Crippen molar-refractivity contribution in [3.63, 3.8) is 0 Å². The van der Waals surface area contributed by atoms with Crippen molar-refractivity contribution in [3.8, 4) is 0 Å². The van der Waals surface area contributed by atoms with Crippen LogP contribution in [0.4, 0.5) is 10.1 Å². The average molecular weight is 325 g/mol. The Morgan fingerprint density at radius 2 is 2.16 bits per heavy atom. The summed E-state index contributed by atoms with van der Waals surface area (Å²) in [4.78, 5) is 14.7. The van der Waals surface area contributed by atoms with E-state index in [2.05, 4.69) is 26.2 Å². The summed E-state index contributed by atoms with van der Waals surface area (Å²) in [5.74, 6) is -1.38. The molecule has 0 unspecified atom stereocenters. The molecule has 0 amide bonds. The van der Waals surface area contributed by atoms with E-state index in [-0.39, 0.29) is 11.4 Å². The number of carbonyl (C=O) groups is 1. The van der Waals surface area contributed by atoms with Gasteiger partial charge in [0.25, 0.3) is 0 Å². The largest absolute Gasteiger partial charge is 0.478 e. The van der Waals surface area contributed by atoms with Crippen LogP contribution in [0.15, 0.2) is 41.0 Å². The molecule has 0 aliphatic carbocycles. The fourth-order valence-electron chi connectivity index (χ4n) is 1.47. The minimum Gasteiger partial charge on any atom is -0.478 e. The number of benzene rings is 1. The first-order valence-electron chi connectivity index (χ1n) is 5.43. The lowest BCUT2D eigenvalue weighted by atomic mass is 10.2. The Kier molecular flexibility index (Phi) is 4.11. The van der Waals surface area contributed by atoms with E-state index in [0.29, 0.717) is 17.9 Å². The zero-order valence-electron chi connectivity index (χ0n) is 9.73. The fourth-order valence-corrected chi connectivity index (χ4v) is 1.84. The highest BCUT2D eigenvalue weighted by atomic mass is 79.9. The van der Waals surface area contributed by atoms with Crippen molar-refractivity contribution in [2.45, 2.75) is 6.54 Å². The van der Waals surface area contributed by atoms with E-state index in [1.165, 1.54) is 18.3 Å². The predicted octanol–water partition coefficient (Wildman–Crippen LogP) is 3.29. The van der Waals surface area contributed by atoms with E-state index >= 15 is 0 Å². The molecule has 0 bridgehead atoms. The van der Waals surface area contributed by atoms with Crippen LogP contribution in [-0.2, 0) is 6.54 Å². The molecular formula is C13H10BrFN2O2. The summed E-state index contributed by atoms with van der Waals surface area (Å²) < 4.78 is 14.2. The smallest absolute Gasteiger partial charge is 0.337 e. The van der Waals surface area contributed by atoms with Crippen LogP contribution < -0.4 is 5.32 Å². The summed E-state index contributed by atoms with van der Waals surface area (Å²) in [6, 6.07) is 7.64. The van der Waals surface area contributed by atoms with E-state index in [1.807, 2.05) is 0 Å². The van der Waals surface area contributed by atoms with Crippen molar-refractivity contribution in [2.75, 3.05) is 5.32 Å². The van der Waals surface area contributed by atoms with Crippen molar-refractivity contribution in [1.82, 2.24) is 4.98 Å². The second kappa shape index (κ2) is 5.79. The maximum atomic E-state index is 13.5. The monoisotopic (exact) mass is 324 g/mol. The average Bonchev–Trinajstić information content (AvgIpc) is 2.40. The van der Waals surface area contributed by atoms with E-state index in [1.54, 1.807) is 18.2 Å². The molecule has 4 nitrogen and oxygen atoms in total. The molecule has 0 radical (unpaired) electrons. The number of nitrogens with one attached hydrogen (secondary N) is 1. The van der Waals surface area contributed by atoms with E-state index < -0.39 is 5.97 Å². The highest BCUT2D eigenvalue weighted by Crippen LogP contribution is 2.20. The van der Waals surface area contributed by atoms with Crippen molar-refractivity contribution in [3.05, 3.63) is 58.1 Å². The SMILES string of the molecule is O=C(O)c1ccc(CNc2cc(Br)ccc2F)nc1. The van der Waals surface area contributed by atoms with Crippen LogP contribution in [0.5, 0.6) is 0 Å². The maximum absolute atomic E-state index is 13.5. The number of hydrogen-bond donors (Lipinski definition) is 2. The van der Waals surface area contributed by atoms with Crippen LogP contribution in [-0.4, -0.2) is 16.1 Å². The number of rotatable bonds is 4. The molecule has 98 valence electrons. The lowest BCUT2D eigenvalue weighted by Gasteiger charge is -2.07. The van der Waals surface area contributed by atoms with Crippen molar-refractivity contribution < 1.29 is 14.3 Å². The molecule has 2 aromatic rings. The molecule has 1 aromatic heterocycles. The second-order valence-corrected chi connectivity index (χ2v) is 4.74. The summed E-state index contributed by atoms with van der Waals surface area (Å²) in [5, 5.41) is 11.6. The highest BCUT2D eigenvalue weighted by molar-refractivity contribution is 9.10. The minimum absolute atomic E-state index is 0.123.